The van der Waals surface area contributed by atoms with E-state index in [1.807, 2.05) is 0 Å². The van der Waals surface area contributed by atoms with Crippen LogP contribution < -0.4 is 19.7 Å². The van der Waals surface area contributed by atoms with Gasteiger partial charge in [0, 0.05) is 29.4 Å². The van der Waals surface area contributed by atoms with Crippen LogP contribution in [0.4, 0.5) is 22.7 Å². The van der Waals surface area contributed by atoms with Crippen LogP contribution in [0.25, 0.3) is 0 Å². The van der Waals surface area contributed by atoms with E-state index in [0.717, 1.165) is 18.2 Å². The second-order valence-electron chi connectivity index (χ2n) is 7.88. The fraction of sp³-hybridized carbons (Fsp3) is 0.167. The normalized spacial score (nSPS) is 12.4. The zero-order valence-corrected chi connectivity index (χ0v) is 19.8. The molecule has 0 saturated heterocycles. The molecule has 190 valence electrons. The first-order valence-corrected chi connectivity index (χ1v) is 11.3. The van der Waals surface area contributed by atoms with Crippen molar-refractivity contribution < 1.29 is 28.9 Å². The summed E-state index contributed by atoms with van der Waals surface area (Å²) in [6, 6.07) is 14.2. The smallest absolute Gasteiger partial charge is 0.277 e. The van der Waals surface area contributed by atoms with Gasteiger partial charge in [-0.2, -0.15) is 0 Å². The Morgan fingerprint density at radius 2 is 1.70 bits per heavy atom. The molecule has 4 rings (SSSR count). The van der Waals surface area contributed by atoms with Gasteiger partial charge in [-0.15, -0.1) is 0 Å². The van der Waals surface area contributed by atoms with E-state index in [9.17, 15) is 29.8 Å². The van der Waals surface area contributed by atoms with Crippen molar-refractivity contribution >= 4 is 46.2 Å². The van der Waals surface area contributed by atoms with Crippen molar-refractivity contribution in [3.63, 3.8) is 0 Å². The first-order valence-electron chi connectivity index (χ1n) is 10.9. The maximum Gasteiger partial charge on any atom is 0.277 e. The zero-order valence-electron chi connectivity index (χ0n) is 19.1. The second-order valence-corrected chi connectivity index (χ2v) is 8.32. The molecule has 0 saturated carbocycles. The second kappa shape index (κ2) is 10.9. The number of carbonyl (C=O) groups is 2. The maximum atomic E-state index is 12.8. The average molecular weight is 527 g/mol. The molecule has 0 unspecified atom stereocenters. The van der Waals surface area contributed by atoms with E-state index in [4.69, 9.17) is 21.1 Å². The van der Waals surface area contributed by atoms with Crippen molar-refractivity contribution in [2.24, 2.45) is 0 Å². The Morgan fingerprint density at radius 1 is 1.03 bits per heavy atom. The van der Waals surface area contributed by atoms with Gasteiger partial charge in [0.1, 0.15) is 11.5 Å². The lowest BCUT2D eigenvalue weighted by atomic mass is 10.1. The highest BCUT2D eigenvalue weighted by Gasteiger charge is 2.26. The highest BCUT2D eigenvalue weighted by atomic mass is 35.5. The number of non-ortho nitro benzene ring substituents is 2. The van der Waals surface area contributed by atoms with E-state index >= 15 is 0 Å². The minimum atomic E-state index is -0.819. The number of carbonyl (C=O) groups excluding carboxylic acids is 2. The van der Waals surface area contributed by atoms with Crippen LogP contribution in [-0.4, -0.2) is 41.4 Å². The third kappa shape index (κ3) is 6.11. The van der Waals surface area contributed by atoms with Crippen LogP contribution in [0.3, 0.4) is 0 Å². The Balaban J connectivity index is 1.47. The number of benzene rings is 3. The molecule has 3 aromatic carbocycles. The molecular formula is C24H19ClN4O8. The first kappa shape index (κ1) is 25.4. The fourth-order valence-corrected chi connectivity index (χ4v) is 3.73. The molecule has 0 radical (unpaired) electrons. The van der Waals surface area contributed by atoms with Gasteiger partial charge in [-0.1, -0.05) is 11.6 Å². The number of hydrogen-bond donors (Lipinski definition) is 1. The molecule has 0 atom stereocenters. The van der Waals surface area contributed by atoms with Crippen molar-refractivity contribution in [2.45, 2.75) is 6.42 Å². The van der Waals surface area contributed by atoms with E-state index in [2.05, 4.69) is 5.32 Å². The standard InChI is InChI=1S/C24H19ClN4O8/c25-16-2-5-20(6-3-16)36-9-1-8-27-21-12-17(4-7-22(21)37-14-23(27)30)26-24(31)15-10-18(28(32)33)13-19(11-15)29(34)35/h2-7,10-13H,1,8-9,14H2,(H,26,31). The van der Waals surface area contributed by atoms with Crippen molar-refractivity contribution in [3.8, 4) is 11.5 Å². The molecule has 0 fully saturated rings. The number of nitrogens with one attached hydrogen (secondary N) is 1. The van der Waals surface area contributed by atoms with Gasteiger partial charge in [0.2, 0.25) is 0 Å². The Labute approximate surface area is 214 Å². The topological polar surface area (TPSA) is 154 Å². The highest BCUT2D eigenvalue weighted by Crippen LogP contribution is 2.35. The predicted octanol–water partition coefficient (Wildman–Crippen LogP) is 4.60. The summed E-state index contributed by atoms with van der Waals surface area (Å²) in [5, 5.41) is 25.4. The Morgan fingerprint density at radius 3 is 2.35 bits per heavy atom. The third-order valence-electron chi connectivity index (χ3n) is 5.35. The molecular weight excluding hydrogens is 508 g/mol. The molecule has 0 spiro atoms. The molecule has 1 heterocycles. The number of amides is 2. The van der Waals surface area contributed by atoms with Gasteiger partial charge in [-0.25, -0.2) is 0 Å². The minimum Gasteiger partial charge on any atom is -0.494 e. The summed E-state index contributed by atoms with van der Waals surface area (Å²) < 4.78 is 11.2. The summed E-state index contributed by atoms with van der Waals surface area (Å²) in [7, 11) is 0. The molecule has 12 nitrogen and oxygen atoms in total. The number of nitrogens with zero attached hydrogens (tertiary/aromatic N) is 3. The lowest BCUT2D eigenvalue weighted by Crippen LogP contribution is -2.39. The van der Waals surface area contributed by atoms with Crippen molar-refractivity contribution in [1.82, 2.24) is 0 Å². The van der Waals surface area contributed by atoms with Gasteiger partial charge in [-0.05, 0) is 48.9 Å². The number of rotatable bonds is 9. The van der Waals surface area contributed by atoms with Crippen molar-refractivity contribution in [2.75, 3.05) is 30.0 Å². The van der Waals surface area contributed by atoms with E-state index < -0.39 is 27.1 Å². The van der Waals surface area contributed by atoms with Crippen molar-refractivity contribution in [1.29, 1.82) is 0 Å². The summed E-state index contributed by atoms with van der Waals surface area (Å²) in [5.41, 5.74) is -0.752. The SMILES string of the molecule is O=C(Nc1ccc2c(c1)N(CCCOc1ccc(Cl)cc1)C(=O)CO2)c1cc([N+](=O)[O-])cc([N+](=O)[O-])c1. The number of anilines is 2. The van der Waals surface area contributed by atoms with Gasteiger partial charge in [0.05, 0.1) is 33.8 Å². The van der Waals surface area contributed by atoms with E-state index in [1.54, 1.807) is 30.3 Å². The monoisotopic (exact) mass is 526 g/mol. The number of halogens is 1. The Bertz CT molecular complexity index is 1350. The van der Waals surface area contributed by atoms with Crippen LogP contribution in [-0.2, 0) is 4.79 Å². The molecule has 1 N–H and O–H groups in total. The summed E-state index contributed by atoms with van der Waals surface area (Å²) in [5.74, 6) is 0.00110. The molecule has 1 aliphatic heterocycles. The molecule has 0 aliphatic carbocycles. The summed E-state index contributed by atoms with van der Waals surface area (Å²) in [6.07, 6.45) is 0.502. The van der Waals surface area contributed by atoms with E-state index in [0.29, 0.717) is 41.8 Å². The Kier molecular flexibility index (Phi) is 7.49. The number of nitro groups is 2. The van der Waals surface area contributed by atoms with Gasteiger partial charge in [0.15, 0.2) is 6.61 Å². The maximum absolute atomic E-state index is 12.8. The van der Waals surface area contributed by atoms with Crippen LogP contribution in [0.5, 0.6) is 11.5 Å². The molecule has 37 heavy (non-hydrogen) atoms. The van der Waals surface area contributed by atoms with Gasteiger partial charge in [0.25, 0.3) is 23.2 Å². The third-order valence-corrected chi connectivity index (χ3v) is 5.61. The average Bonchev–Trinajstić information content (AvgIpc) is 2.88. The quantitative estimate of drug-likeness (QED) is 0.241. The largest absolute Gasteiger partial charge is 0.494 e. The Hall–Kier alpha value is -4.71. The van der Waals surface area contributed by atoms with Gasteiger partial charge < -0.3 is 19.7 Å². The van der Waals surface area contributed by atoms with E-state index in [-0.39, 0.29) is 23.8 Å². The lowest BCUT2D eigenvalue weighted by Gasteiger charge is -2.30. The fourth-order valence-electron chi connectivity index (χ4n) is 3.61. The molecule has 0 aromatic heterocycles. The van der Waals surface area contributed by atoms with Gasteiger partial charge in [-0.3, -0.25) is 29.8 Å². The van der Waals surface area contributed by atoms with Crippen molar-refractivity contribution in [3.05, 3.63) is 91.5 Å². The molecule has 0 bridgehead atoms. The molecule has 13 heteroatoms. The molecule has 3 aromatic rings. The van der Waals surface area contributed by atoms with Crippen LogP contribution in [0.15, 0.2) is 60.7 Å². The number of nitro benzene ring substituents is 2. The first-order chi connectivity index (χ1) is 17.7. The number of fused-ring (bicyclic) bond motifs is 1. The predicted molar refractivity (Wildman–Crippen MR) is 134 cm³/mol. The lowest BCUT2D eigenvalue weighted by molar-refractivity contribution is -0.394. The van der Waals surface area contributed by atoms with Crippen LogP contribution >= 0.6 is 11.6 Å². The van der Waals surface area contributed by atoms with Crippen LogP contribution in [0, 0.1) is 20.2 Å². The molecule has 2 amide bonds. The van der Waals surface area contributed by atoms with E-state index in [1.165, 1.54) is 17.0 Å². The molecule has 1 aliphatic rings. The number of hydrogen-bond acceptors (Lipinski definition) is 8. The number of ether oxygens (including phenoxy) is 2. The van der Waals surface area contributed by atoms with Crippen LogP contribution in [0.1, 0.15) is 16.8 Å². The highest BCUT2D eigenvalue weighted by molar-refractivity contribution is 6.30. The summed E-state index contributed by atoms with van der Waals surface area (Å²) in [4.78, 5) is 47.4. The summed E-state index contributed by atoms with van der Waals surface area (Å²) in [6.45, 7) is 0.509. The summed E-state index contributed by atoms with van der Waals surface area (Å²) >= 11 is 5.86. The zero-order chi connectivity index (χ0) is 26.5. The van der Waals surface area contributed by atoms with Gasteiger partial charge >= 0.3 is 0 Å². The van der Waals surface area contributed by atoms with Crippen LogP contribution in [0.2, 0.25) is 5.02 Å². The minimum absolute atomic E-state index is 0.145.